The molecule has 0 saturated heterocycles. The highest BCUT2D eigenvalue weighted by Gasteiger charge is 2.15. The average molecular weight is 292 g/mol. The van der Waals surface area contributed by atoms with Crippen molar-refractivity contribution in [3.05, 3.63) is 47.0 Å². The van der Waals surface area contributed by atoms with E-state index < -0.39 is 0 Å². The molecule has 20 heavy (non-hydrogen) atoms. The van der Waals surface area contributed by atoms with Crippen LogP contribution in [0.4, 0.5) is 0 Å². The number of ether oxygens (including phenoxy) is 2. The zero-order valence-electron chi connectivity index (χ0n) is 11.7. The zero-order valence-corrected chi connectivity index (χ0v) is 12.4. The molecule has 0 heterocycles. The Morgan fingerprint density at radius 2 is 1.80 bits per heavy atom. The highest BCUT2D eigenvalue weighted by atomic mass is 35.5. The van der Waals surface area contributed by atoms with Crippen LogP contribution in [0.5, 0.6) is 11.5 Å². The van der Waals surface area contributed by atoms with Crippen LogP contribution in [-0.4, -0.2) is 20.8 Å². The third kappa shape index (κ3) is 2.89. The average Bonchev–Trinajstić information content (AvgIpc) is 2.47. The van der Waals surface area contributed by atoms with E-state index in [0.717, 1.165) is 23.1 Å². The fraction of sp³-hybridized carbons (Fsp3) is 0.250. The van der Waals surface area contributed by atoms with Gasteiger partial charge in [-0.2, -0.15) is 0 Å². The number of rotatable bonds is 5. The maximum atomic E-state index is 6.29. The smallest absolute Gasteiger partial charge is 0.168 e. The highest BCUT2D eigenvalue weighted by molar-refractivity contribution is 6.33. The second-order valence-electron chi connectivity index (χ2n) is 4.40. The van der Waals surface area contributed by atoms with Gasteiger partial charge in [0.1, 0.15) is 0 Å². The fourth-order valence-electron chi connectivity index (χ4n) is 2.21. The van der Waals surface area contributed by atoms with Crippen molar-refractivity contribution in [2.45, 2.75) is 6.42 Å². The molecule has 2 aromatic carbocycles. The number of halogens is 1. The van der Waals surface area contributed by atoms with Crippen molar-refractivity contribution in [3.63, 3.8) is 0 Å². The first-order valence-corrected chi connectivity index (χ1v) is 6.79. The first-order valence-electron chi connectivity index (χ1n) is 6.41. The molecule has 0 bridgehead atoms. The van der Waals surface area contributed by atoms with Crippen LogP contribution in [0, 0.1) is 0 Å². The van der Waals surface area contributed by atoms with Crippen LogP contribution in [0.3, 0.4) is 0 Å². The number of benzene rings is 2. The quantitative estimate of drug-likeness (QED) is 0.916. The third-order valence-electron chi connectivity index (χ3n) is 3.14. The van der Waals surface area contributed by atoms with Gasteiger partial charge in [0.2, 0.25) is 0 Å². The summed E-state index contributed by atoms with van der Waals surface area (Å²) in [6, 6.07) is 11.7. The molecular formula is C16H18ClNO2. The Kier molecular flexibility index (Phi) is 4.88. The lowest BCUT2D eigenvalue weighted by Gasteiger charge is -2.16. The maximum absolute atomic E-state index is 6.29. The summed E-state index contributed by atoms with van der Waals surface area (Å²) in [5.41, 5.74) is 8.58. The molecule has 0 unspecified atom stereocenters. The monoisotopic (exact) mass is 291 g/mol. The van der Waals surface area contributed by atoms with E-state index in [1.54, 1.807) is 14.2 Å². The molecule has 0 spiro atoms. The van der Waals surface area contributed by atoms with Crippen LogP contribution in [0.15, 0.2) is 36.4 Å². The standard InChI is InChI=1S/C16H18ClNO2/c1-19-15-10-11(7-8-18)9-13(16(15)20-2)12-5-3-4-6-14(12)17/h3-6,9-10H,7-8,18H2,1-2H3. The van der Waals surface area contributed by atoms with E-state index >= 15 is 0 Å². The normalized spacial score (nSPS) is 10.4. The molecule has 0 aliphatic rings. The van der Waals surface area contributed by atoms with E-state index in [1.165, 1.54) is 0 Å². The van der Waals surface area contributed by atoms with Crippen LogP contribution in [0.2, 0.25) is 5.02 Å². The maximum Gasteiger partial charge on any atom is 0.168 e. The van der Waals surface area contributed by atoms with Crippen LogP contribution in [0.1, 0.15) is 5.56 Å². The lowest BCUT2D eigenvalue weighted by molar-refractivity contribution is 0.355. The summed E-state index contributed by atoms with van der Waals surface area (Å²) < 4.78 is 10.9. The fourth-order valence-corrected chi connectivity index (χ4v) is 2.45. The summed E-state index contributed by atoms with van der Waals surface area (Å²) in [6.45, 7) is 0.581. The van der Waals surface area contributed by atoms with Crippen molar-refractivity contribution in [1.29, 1.82) is 0 Å². The lowest BCUT2D eigenvalue weighted by atomic mass is 9.99. The molecule has 0 saturated carbocycles. The SMILES string of the molecule is COc1cc(CCN)cc(-c2ccccc2Cl)c1OC. The summed E-state index contributed by atoms with van der Waals surface area (Å²) in [7, 11) is 3.25. The Balaban J connectivity index is 2.66. The van der Waals surface area contributed by atoms with Crippen LogP contribution in [0.25, 0.3) is 11.1 Å². The molecular weight excluding hydrogens is 274 g/mol. The Morgan fingerprint density at radius 1 is 1.05 bits per heavy atom. The van der Waals surface area contributed by atoms with Gasteiger partial charge >= 0.3 is 0 Å². The minimum absolute atomic E-state index is 0.581. The number of hydrogen-bond donors (Lipinski definition) is 1. The minimum Gasteiger partial charge on any atom is -0.493 e. The number of nitrogens with two attached hydrogens (primary N) is 1. The molecule has 2 aromatic rings. The van der Waals surface area contributed by atoms with E-state index in [9.17, 15) is 0 Å². The van der Waals surface area contributed by atoms with Crippen molar-refractivity contribution in [1.82, 2.24) is 0 Å². The van der Waals surface area contributed by atoms with Gasteiger partial charge in [0.05, 0.1) is 14.2 Å². The largest absolute Gasteiger partial charge is 0.493 e. The van der Waals surface area contributed by atoms with Crippen LogP contribution >= 0.6 is 11.6 Å². The van der Waals surface area contributed by atoms with E-state index in [0.29, 0.717) is 23.1 Å². The van der Waals surface area contributed by atoms with Gasteiger partial charge in [-0.1, -0.05) is 29.8 Å². The molecule has 0 fully saturated rings. The molecule has 0 aromatic heterocycles. The van der Waals surface area contributed by atoms with Crippen molar-refractivity contribution in [2.24, 2.45) is 5.73 Å². The second kappa shape index (κ2) is 6.64. The van der Waals surface area contributed by atoms with Crippen molar-refractivity contribution >= 4 is 11.6 Å². The molecule has 106 valence electrons. The Labute approximate surface area is 124 Å². The van der Waals surface area contributed by atoms with Gasteiger partial charge < -0.3 is 15.2 Å². The van der Waals surface area contributed by atoms with Gasteiger partial charge in [-0.3, -0.25) is 0 Å². The van der Waals surface area contributed by atoms with E-state index in [1.807, 2.05) is 30.3 Å². The van der Waals surface area contributed by atoms with Crippen LogP contribution < -0.4 is 15.2 Å². The van der Waals surface area contributed by atoms with E-state index in [4.69, 9.17) is 26.8 Å². The van der Waals surface area contributed by atoms with Crippen molar-refractivity contribution in [3.8, 4) is 22.6 Å². The lowest BCUT2D eigenvalue weighted by Crippen LogP contribution is -2.04. The molecule has 3 nitrogen and oxygen atoms in total. The molecule has 0 atom stereocenters. The van der Waals surface area contributed by atoms with Gasteiger partial charge in [0, 0.05) is 16.1 Å². The Hall–Kier alpha value is -1.71. The predicted molar refractivity (Wildman–Crippen MR) is 82.8 cm³/mol. The summed E-state index contributed by atoms with van der Waals surface area (Å²) in [6.07, 6.45) is 0.776. The molecule has 0 amide bonds. The second-order valence-corrected chi connectivity index (χ2v) is 4.80. The predicted octanol–water partition coefficient (Wildman–Crippen LogP) is 3.53. The number of methoxy groups -OCH3 is 2. The first kappa shape index (κ1) is 14.7. The topological polar surface area (TPSA) is 44.5 Å². The first-order chi connectivity index (χ1) is 9.71. The van der Waals surface area contributed by atoms with Gasteiger partial charge in [-0.15, -0.1) is 0 Å². The van der Waals surface area contributed by atoms with Gasteiger partial charge in [0.25, 0.3) is 0 Å². The van der Waals surface area contributed by atoms with E-state index in [2.05, 4.69) is 6.07 Å². The molecule has 0 aliphatic carbocycles. The van der Waals surface area contributed by atoms with Gasteiger partial charge in [-0.25, -0.2) is 0 Å². The zero-order chi connectivity index (χ0) is 14.5. The Bertz CT molecular complexity index is 599. The van der Waals surface area contributed by atoms with Gasteiger partial charge in [0.15, 0.2) is 11.5 Å². The highest BCUT2D eigenvalue weighted by Crippen LogP contribution is 2.41. The summed E-state index contributed by atoms with van der Waals surface area (Å²) in [4.78, 5) is 0. The van der Waals surface area contributed by atoms with Gasteiger partial charge in [-0.05, 0) is 36.7 Å². The molecule has 2 N–H and O–H groups in total. The summed E-state index contributed by atoms with van der Waals surface area (Å²) in [5.74, 6) is 1.37. The van der Waals surface area contributed by atoms with Crippen LogP contribution in [-0.2, 0) is 6.42 Å². The molecule has 0 radical (unpaired) electrons. The van der Waals surface area contributed by atoms with Crippen molar-refractivity contribution < 1.29 is 9.47 Å². The molecule has 0 aliphatic heterocycles. The third-order valence-corrected chi connectivity index (χ3v) is 3.47. The summed E-state index contributed by atoms with van der Waals surface area (Å²) in [5, 5.41) is 0.678. The minimum atomic E-state index is 0.581. The van der Waals surface area contributed by atoms with Crippen molar-refractivity contribution in [2.75, 3.05) is 20.8 Å². The Morgan fingerprint density at radius 3 is 2.40 bits per heavy atom. The summed E-state index contributed by atoms with van der Waals surface area (Å²) >= 11 is 6.29. The molecule has 2 rings (SSSR count). The molecule has 4 heteroatoms. The van der Waals surface area contributed by atoms with E-state index in [-0.39, 0.29) is 0 Å². The number of hydrogen-bond acceptors (Lipinski definition) is 3.